The molecule has 7 heteroatoms. The van der Waals surface area contributed by atoms with Crippen molar-refractivity contribution in [1.29, 1.82) is 5.26 Å². The van der Waals surface area contributed by atoms with Crippen LogP contribution in [0.15, 0.2) is 16.8 Å². The van der Waals surface area contributed by atoms with Crippen LogP contribution in [0.4, 0.5) is 5.88 Å². The highest BCUT2D eigenvalue weighted by Crippen LogP contribution is 2.25. The van der Waals surface area contributed by atoms with Gasteiger partial charge in [0.2, 0.25) is 11.8 Å². The van der Waals surface area contributed by atoms with Crippen molar-refractivity contribution < 1.29 is 9.21 Å². The minimum Gasteiger partial charge on any atom is -0.444 e. The maximum absolute atomic E-state index is 12.4. The molecule has 0 unspecified atom stereocenters. The fourth-order valence-corrected chi connectivity index (χ4v) is 3.29. The summed E-state index contributed by atoms with van der Waals surface area (Å²) in [6.45, 7) is 7.57. The number of rotatable bonds is 5. The molecule has 0 saturated carbocycles. The third-order valence-electron chi connectivity index (χ3n) is 4.76. The summed E-state index contributed by atoms with van der Waals surface area (Å²) in [5.74, 6) is 0.745. The lowest BCUT2D eigenvalue weighted by molar-refractivity contribution is -0.117. The summed E-state index contributed by atoms with van der Waals surface area (Å²) in [6.07, 6.45) is 5.98. The normalized spacial score (nSPS) is 17.6. The zero-order valence-corrected chi connectivity index (χ0v) is 14.9. The fourth-order valence-electron chi connectivity index (χ4n) is 3.29. The van der Waals surface area contributed by atoms with E-state index in [1.165, 1.54) is 0 Å². The number of hydrogen-bond donors (Lipinski definition) is 1. The summed E-state index contributed by atoms with van der Waals surface area (Å²) in [4.78, 5) is 14.6. The first-order chi connectivity index (χ1) is 12.0. The smallest absolute Gasteiger partial charge is 0.240 e. The van der Waals surface area contributed by atoms with Gasteiger partial charge in [0.1, 0.15) is 17.4 Å². The topological polar surface area (TPSA) is 87.1 Å². The molecule has 0 spiro atoms. The minimum absolute atomic E-state index is 0.159. The second-order valence-corrected chi connectivity index (χ2v) is 6.65. The van der Waals surface area contributed by atoms with Crippen molar-refractivity contribution in [3.63, 3.8) is 0 Å². The molecule has 1 fully saturated rings. The second-order valence-electron chi connectivity index (χ2n) is 6.65. The van der Waals surface area contributed by atoms with Gasteiger partial charge in [-0.25, -0.2) is 0 Å². The van der Waals surface area contributed by atoms with Gasteiger partial charge in [0.15, 0.2) is 0 Å². The van der Waals surface area contributed by atoms with Crippen LogP contribution in [-0.2, 0) is 11.3 Å². The summed E-state index contributed by atoms with van der Waals surface area (Å²) >= 11 is 0. The monoisotopic (exact) mass is 341 g/mol. The van der Waals surface area contributed by atoms with E-state index in [1.54, 1.807) is 6.92 Å². The molecule has 3 rings (SSSR count). The lowest BCUT2D eigenvalue weighted by atomic mass is 10.2. The Labute approximate surface area is 147 Å². The first-order valence-electron chi connectivity index (χ1n) is 8.51. The summed E-state index contributed by atoms with van der Waals surface area (Å²) in [5, 5.41) is 16.3. The van der Waals surface area contributed by atoms with Gasteiger partial charge in [-0.05, 0) is 45.7 Å². The number of likely N-dealkylation sites (tertiary alicyclic amines) is 1. The van der Waals surface area contributed by atoms with Gasteiger partial charge in [-0.3, -0.25) is 19.7 Å². The molecule has 7 nitrogen and oxygen atoms in total. The number of amides is 1. The van der Waals surface area contributed by atoms with Crippen LogP contribution in [0.5, 0.6) is 0 Å². The summed E-state index contributed by atoms with van der Waals surface area (Å²) < 4.78 is 7.44. The fraction of sp³-hybridized carbons (Fsp3) is 0.500. The van der Waals surface area contributed by atoms with E-state index >= 15 is 0 Å². The Bertz CT molecular complexity index is 814. The number of hydrogen-bond acceptors (Lipinski definition) is 5. The Balaban J connectivity index is 1.62. The van der Waals surface area contributed by atoms with E-state index in [1.807, 2.05) is 30.9 Å². The lowest BCUT2D eigenvalue weighted by Gasteiger charge is -2.23. The largest absolute Gasteiger partial charge is 0.444 e. The molecule has 1 aliphatic rings. The molecule has 2 aromatic rings. The van der Waals surface area contributed by atoms with Crippen LogP contribution in [0, 0.1) is 32.1 Å². The van der Waals surface area contributed by atoms with E-state index < -0.39 is 0 Å². The van der Waals surface area contributed by atoms with Gasteiger partial charge in [-0.15, -0.1) is 0 Å². The minimum atomic E-state index is -0.159. The zero-order chi connectivity index (χ0) is 18.0. The third kappa shape index (κ3) is 3.74. The van der Waals surface area contributed by atoms with Crippen molar-refractivity contribution in [2.45, 2.75) is 46.2 Å². The standard InChI is InChI=1S/C18H23N5O2/c1-12-8-20-23(9-12)10-15-5-4-6-22(15)11-17(24)21-18-16(7-19)13(2)14(3)25-18/h8-9,15H,4-6,10-11H2,1-3H3,(H,21,24)/t15-/m1/s1. The first kappa shape index (κ1) is 17.2. The Morgan fingerprint density at radius 1 is 1.48 bits per heavy atom. The van der Waals surface area contributed by atoms with Crippen molar-refractivity contribution in [2.24, 2.45) is 0 Å². The van der Waals surface area contributed by atoms with E-state index in [9.17, 15) is 10.1 Å². The van der Waals surface area contributed by atoms with Gasteiger partial charge in [0, 0.05) is 17.8 Å². The predicted molar refractivity (Wildman–Crippen MR) is 93.1 cm³/mol. The molecule has 0 aromatic carbocycles. The van der Waals surface area contributed by atoms with Crippen LogP contribution in [0.3, 0.4) is 0 Å². The molecule has 2 aromatic heterocycles. The molecule has 1 aliphatic heterocycles. The zero-order valence-electron chi connectivity index (χ0n) is 14.9. The maximum Gasteiger partial charge on any atom is 0.240 e. The summed E-state index contributed by atoms with van der Waals surface area (Å²) in [7, 11) is 0. The summed E-state index contributed by atoms with van der Waals surface area (Å²) in [6, 6.07) is 2.39. The van der Waals surface area contributed by atoms with Gasteiger partial charge in [-0.1, -0.05) is 0 Å². The van der Waals surface area contributed by atoms with Crippen molar-refractivity contribution in [2.75, 3.05) is 18.4 Å². The molecule has 1 N–H and O–H groups in total. The highest BCUT2D eigenvalue weighted by atomic mass is 16.4. The van der Waals surface area contributed by atoms with Gasteiger partial charge in [0.25, 0.3) is 0 Å². The highest BCUT2D eigenvalue weighted by Gasteiger charge is 2.27. The van der Waals surface area contributed by atoms with Crippen molar-refractivity contribution in [3.05, 3.63) is 34.8 Å². The second kappa shape index (κ2) is 7.11. The van der Waals surface area contributed by atoms with Crippen LogP contribution in [0.1, 0.15) is 35.3 Å². The van der Waals surface area contributed by atoms with Gasteiger partial charge >= 0.3 is 0 Å². The number of nitrogens with one attached hydrogen (secondary N) is 1. The number of carbonyl (C=O) groups is 1. The van der Waals surface area contributed by atoms with E-state index in [2.05, 4.69) is 21.4 Å². The van der Waals surface area contributed by atoms with Crippen molar-refractivity contribution in [3.8, 4) is 6.07 Å². The molecule has 132 valence electrons. The molecule has 25 heavy (non-hydrogen) atoms. The van der Waals surface area contributed by atoms with E-state index in [-0.39, 0.29) is 18.3 Å². The molecular weight excluding hydrogens is 318 g/mol. The number of furan rings is 1. The third-order valence-corrected chi connectivity index (χ3v) is 4.76. The number of carbonyl (C=O) groups excluding carboxylic acids is 1. The number of anilines is 1. The van der Waals surface area contributed by atoms with Crippen LogP contribution in [-0.4, -0.2) is 39.7 Å². The van der Waals surface area contributed by atoms with E-state index in [0.717, 1.165) is 37.1 Å². The highest BCUT2D eigenvalue weighted by molar-refractivity contribution is 5.92. The Hall–Kier alpha value is -2.59. The number of nitrogens with zero attached hydrogens (tertiary/aromatic N) is 4. The maximum atomic E-state index is 12.4. The Morgan fingerprint density at radius 3 is 2.96 bits per heavy atom. The lowest BCUT2D eigenvalue weighted by Crippen LogP contribution is -2.39. The molecule has 1 amide bonds. The van der Waals surface area contributed by atoms with E-state index in [4.69, 9.17) is 4.42 Å². The average Bonchev–Trinajstić information content (AvgIpc) is 3.23. The van der Waals surface area contributed by atoms with Crippen LogP contribution < -0.4 is 5.32 Å². The van der Waals surface area contributed by atoms with Crippen LogP contribution in [0.25, 0.3) is 0 Å². The molecule has 3 heterocycles. The van der Waals surface area contributed by atoms with Gasteiger partial charge < -0.3 is 4.42 Å². The number of aryl methyl sites for hydroxylation is 2. The van der Waals surface area contributed by atoms with Crippen molar-refractivity contribution in [1.82, 2.24) is 14.7 Å². The molecule has 1 saturated heterocycles. The van der Waals surface area contributed by atoms with Crippen molar-refractivity contribution >= 4 is 11.8 Å². The predicted octanol–water partition coefficient (Wildman–Crippen LogP) is 2.38. The molecule has 0 aliphatic carbocycles. The molecular formula is C18H23N5O2. The van der Waals surface area contributed by atoms with E-state index in [0.29, 0.717) is 17.4 Å². The quantitative estimate of drug-likeness (QED) is 0.902. The SMILES string of the molecule is Cc1cnn(C[C@H]2CCCN2CC(=O)Nc2oc(C)c(C)c2C#N)c1. The molecule has 0 radical (unpaired) electrons. The van der Waals surface area contributed by atoms with Crippen LogP contribution >= 0.6 is 0 Å². The Kier molecular flexibility index (Phi) is 4.91. The van der Waals surface area contributed by atoms with Gasteiger partial charge in [-0.2, -0.15) is 10.4 Å². The first-order valence-corrected chi connectivity index (χ1v) is 8.51. The average molecular weight is 341 g/mol. The molecule has 0 bridgehead atoms. The van der Waals surface area contributed by atoms with Gasteiger partial charge in [0.05, 0.1) is 19.3 Å². The number of nitriles is 1. The Morgan fingerprint density at radius 2 is 2.28 bits per heavy atom. The summed E-state index contributed by atoms with van der Waals surface area (Å²) in [5.41, 5.74) is 2.30. The van der Waals surface area contributed by atoms with Crippen LogP contribution in [0.2, 0.25) is 0 Å². The molecule has 1 atom stereocenters. The number of aromatic nitrogens is 2.